The summed E-state index contributed by atoms with van der Waals surface area (Å²) in [7, 11) is 1.59. The third-order valence-electron chi connectivity index (χ3n) is 2.41. The quantitative estimate of drug-likeness (QED) is 0.679. The van der Waals surface area contributed by atoms with Crippen LogP contribution in [-0.2, 0) is 6.54 Å². The van der Waals surface area contributed by atoms with E-state index in [1.807, 2.05) is 6.92 Å². The van der Waals surface area contributed by atoms with E-state index in [1.54, 1.807) is 25.3 Å². The number of ether oxygens (including phenoxy) is 1. The Hall–Kier alpha value is -1.26. The zero-order valence-corrected chi connectivity index (χ0v) is 9.73. The van der Waals surface area contributed by atoms with Crippen LogP contribution in [-0.4, -0.2) is 30.5 Å². The number of aromatic hydroxyl groups is 1. The monoisotopic (exact) mass is 225 g/mol. The maximum Gasteiger partial charge on any atom is 0.120 e. The lowest BCUT2D eigenvalue weighted by atomic mass is 10.1. The van der Waals surface area contributed by atoms with Crippen LogP contribution in [0, 0.1) is 5.92 Å². The molecule has 0 spiro atoms. The van der Waals surface area contributed by atoms with Crippen LogP contribution < -0.4 is 10.1 Å². The number of aliphatic hydroxyl groups is 1. The minimum absolute atomic E-state index is 0.164. The first-order valence-corrected chi connectivity index (χ1v) is 5.34. The van der Waals surface area contributed by atoms with Crippen molar-refractivity contribution >= 4 is 0 Å². The fourth-order valence-corrected chi connectivity index (χ4v) is 1.35. The van der Waals surface area contributed by atoms with Crippen molar-refractivity contribution in [1.29, 1.82) is 0 Å². The molecule has 1 aromatic carbocycles. The van der Waals surface area contributed by atoms with Gasteiger partial charge in [-0.15, -0.1) is 0 Å². The number of hydrogen-bond acceptors (Lipinski definition) is 4. The van der Waals surface area contributed by atoms with Gasteiger partial charge in [-0.25, -0.2) is 0 Å². The summed E-state index contributed by atoms with van der Waals surface area (Å²) in [6, 6.07) is 5.13. The molecule has 0 aliphatic carbocycles. The summed E-state index contributed by atoms with van der Waals surface area (Å²) in [5.41, 5.74) is 0.796. The summed E-state index contributed by atoms with van der Waals surface area (Å²) in [5.74, 6) is 1.20. The molecule has 4 nitrogen and oxygen atoms in total. The van der Waals surface area contributed by atoms with Crippen LogP contribution in [0.15, 0.2) is 18.2 Å². The van der Waals surface area contributed by atoms with E-state index < -0.39 is 0 Å². The molecule has 3 N–H and O–H groups in total. The smallest absolute Gasteiger partial charge is 0.120 e. The van der Waals surface area contributed by atoms with E-state index >= 15 is 0 Å². The van der Waals surface area contributed by atoms with Crippen molar-refractivity contribution in [2.45, 2.75) is 13.5 Å². The van der Waals surface area contributed by atoms with E-state index in [1.165, 1.54) is 0 Å². The molecule has 1 rings (SSSR count). The van der Waals surface area contributed by atoms with E-state index in [0.717, 1.165) is 11.3 Å². The third-order valence-corrected chi connectivity index (χ3v) is 2.41. The minimum Gasteiger partial charge on any atom is -0.508 e. The van der Waals surface area contributed by atoms with Crippen LogP contribution >= 0.6 is 0 Å². The molecule has 0 radical (unpaired) electrons. The molecule has 0 amide bonds. The fourth-order valence-electron chi connectivity index (χ4n) is 1.35. The lowest BCUT2D eigenvalue weighted by Crippen LogP contribution is -2.22. The highest BCUT2D eigenvalue weighted by Gasteiger charge is 2.04. The average molecular weight is 225 g/mol. The minimum atomic E-state index is 0.164. The van der Waals surface area contributed by atoms with Gasteiger partial charge in [-0.3, -0.25) is 0 Å². The summed E-state index contributed by atoms with van der Waals surface area (Å²) in [6.45, 7) is 3.40. The Balaban J connectivity index is 2.52. The molecule has 1 atom stereocenters. The number of aliphatic hydroxyl groups excluding tert-OH is 1. The highest BCUT2D eigenvalue weighted by atomic mass is 16.5. The Bertz CT molecular complexity index is 328. The third kappa shape index (κ3) is 3.72. The van der Waals surface area contributed by atoms with Gasteiger partial charge in [0.2, 0.25) is 0 Å². The SMILES string of the molecule is COc1ccc(O)c(CNCC(C)CO)c1. The first-order valence-electron chi connectivity index (χ1n) is 5.34. The molecule has 0 bridgehead atoms. The molecular weight excluding hydrogens is 206 g/mol. The second-order valence-corrected chi connectivity index (χ2v) is 3.91. The van der Waals surface area contributed by atoms with E-state index in [9.17, 15) is 5.11 Å². The molecule has 1 unspecified atom stereocenters. The highest BCUT2D eigenvalue weighted by molar-refractivity contribution is 5.39. The van der Waals surface area contributed by atoms with Gasteiger partial charge in [0.05, 0.1) is 7.11 Å². The van der Waals surface area contributed by atoms with Crippen LogP contribution in [0.3, 0.4) is 0 Å². The van der Waals surface area contributed by atoms with Crippen molar-refractivity contribution in [3.05, 3.63) is 23.8 Å². The molecule has 0 fully saturated rings. The van der Waals surface area contributed by atoms with Gasteiger partial charge in [-0.1, -0.05) is 6.92 Å². The van der Waals surface area contributed by atoms with Gasteiger partial charge < -0.3 is 20.3 Å². The summed E-state index contributed by atoms with van der Waals surface area (Å²) in [4.78, 5) is 0. The first-order chi connectivity index (χ1) is 7.67. The van der Waals surface area contributed by atoms with Crippen LogP contribution in [0.5, 0.6) is 11.5 Å². The normalized spacial score (nSPS) is 12.4. The maximum atomic E-state index is 9.61. The molecule has 0 heterocycles. The average Bonchev–Trinajstić information content (AvgIpc) is 2.31. The van der Waals surface area contributed by atoms with Crippen molar-refractivity contribution in [2.75, 3.05) is 20.3 Å². The Kier molecular flexibility index (Phi) is 5.08. The molecule has 16 heavy (non-hydrogen) atoms. The lowest BCUT2D eigenvalue weighted by Gasteiger charge is -2.11. The topological polar surface area (TPSA) is 61.7 Å². The van der Waals surface area contributed by atoms with Gasteiger partial charge >= 0.3 is 0 Å². The van der Waals surface area contributed by atoms with Crippen molar-refractivity contribution in [3.63, 3.8) is 0 Å². The highest BCUT2D eigenvalue weighted by Crippen LogP contribution is 2.22. The molecular formula is C12H19NO3. The summed E-state index contributed by atoms with van der Waals surface area (Å²) >= 11 is 0. The van der Waals surface area contributed by atoms with Gasteiger partial charge in [-0.2, -0.15) is 0 Å². The molecule has 0 saturated carbocycles. The standard InChI is InChI=1S/C12H19NO3/c1-9(8-14)6-13-7-10-5-11(16-2)3-4-12(10)15/h3-5,9,13-15H,6-8H2,1-2H3. The second kappa shape index (κ2) is 6.35. The maximum absolute atomic E-state index is 9.61. The largest absolute Gasteiger partial charge is 0.508 e. The second-order valence-electron chi connectivity index (χ2n) is 3.91. The van der Waals surface area contributed by atoms with E-state index in [0.29, 0.717) is 13.1 Å². The van der Waals surface area contributed by atoms with Crippen LogP contribution in [0.25, 0.3) is 0 Å². The van der Waals surface area contributed by atoms with Gasteiger partial charge in [-0.05, 0) is 24.1 Å². The zero-order chi connectivity index (χ0) is 12.0. The molecule has 0 aromatic heterocycles. The van der Waals surface area contributed by atoms with Gasteiger partial charge in [0.25, 0.3) is 0 Å². The number of hydrogen-bond donors (Lipinski definition) is 3. The first kappa shape index (κ1) is 12.8. The van der Waals surface area contributed by atoms with E-state index in [-0.39, 0.29) is 18.3 Å². The Labute approximate surface area is 95.9 Å². The molecule has 0 aliphatic heterocycles. The Morgan fingerprint density at radius 1 is 1.44 bits per heavy atom. The number of phenolic OH excluding ortho intramolecular Hbond substituents is 1. The van der Waals surface area contributed by atoms with Crippen LogP contribution in [0.1, 0.15) is 12.5 Å². The predicted octanol–water partition coefficient (Wildman–Crippen LogP) is 1.12. The fraction of sp³-hybridized carbons (Fsp3) is 0.500. The van der Waals surface area contributed by atoms with E-state index in [4.69, 9.17) is 9.84 Å². The Morgan fingerprint density at radius 2 is 2.19 bits per heavy atom. The van der Waals surface area contributed by atoms with Crippen LogP contribution in [0.2, 0.25) is 0 Å². The van der Waals surface area contributed by atoms with Crippen molar-refractivity contribution < 1.29 is 14.9 Å². The molecule has 4 heteroatoms. The zero-order valence-electron chi connectivity index (χ0n) is 9.73. The Morgan fingerprint density at radius 3 is 2.81 bits per heavy atom. The van der Waals surface area contributed by atoms with E-state index in [2.05, 4.69) is 5.32 Å². The van der Waals surface area contributed by atoms with Crippen molar-refractivity contribution in [3.8, 4) is 11.5 Å². The number of methoxy groups -OCH3 is 1. The lowest BCUT2D eigenvalue weighted by molar-refractivity contribution is 0.233. The van der Waals surface area contributed by atoms with Crippen molar-refractivity contribution in [1.82, 2.24) is 5.32 Å². The van der Waals surface area contributed by atoms with Gasteiger partial charge in [0.1, 0.15) is 11.5 Å². The molecule has 90 valence electrons. The molecule has 0 aliphatic rings. The summed E-state index contributed by atoms with van der Waals surface area (Å²) in [6.07, 6.45) is 0. The predicted molar refractivity (Wildman–Crippen MR) is 62.6 cm³/mol. The summed E-state index contributed by atoms with van der Waals surface area (Å²) < 4.78 is 5.08. The van der Waals surface area contributed by atoms with Gasteiger partial charge in [0, 0.05) is 25.3 Å². The molecule has 0 saturated heterocycles. The molecule has 1 aromatic rings. The number of nitrogens with one attached hydrogen (secondary N) is 1. The summed E-state index contributed by atoms with van der Waals surface area (Å²) in [5, 5.41) is 21.6. The van der Waals surface area contributed by atoms with Crippen LogP contribution in [0.4, 0.5) is 0 Å². The number of rotatable bonds is 6. The number of phenols is 1. The number of benzene rings is 1. The van der Waals surface area contributed by atoms with Crippen molar-refractivity contribution in [2.24, 2.45) is 5.92 Å². The van der Waals surface area contributed by atoms with Gasteiger partial charge in [0.15, 0.2) is 0 Å².